The second-order valence-electron chi connectivity index (χ2n) is 4.29. The molecule has 5 nitrogen and oxygen atoms in total. The molecule has 0 saturated carbocycles. The molecule has 0 aliphatic heterocycles. The maximum Gasteiger partial charge on any atom is 0.252 e. The zero-order valence-corrected chi connectivity index (χ0v) is 12.4. The number of hydrogen-bond acceptors (Lipinski definition) is 4. The minimum absolute atomic E-state index is 0.147. The fourth-order valence-electron chi connectivity index (χ4n) is 1.68. The van der Waals surface area contributed by atoms with Gasteiger partial charge in [-0.25, -0.2) is 0 Å². The second kappa shape index (κ2) is 7.44. The normalized spacial score (nSPS) is 9.95. The SMILES string of the molecule is COc1ccc(NC(=O)CCNC(=O)c2ccsc2)cc1. The largest absolute Gasteiger partial charge is 0.497 e. The highest BCUT2D eigenvalue weighted by atomic mass is 32.1. The van der Waals surface area contributed by atoms with Crippen LogP contribution in [0.3, 0.4) is 0 Å². The molecular formula is C15H16N2O3S. The van der Waals surface area contributed by atoms with E-state index in [1.165, 1.54) is 11.3 Å². The fourth-order valence-corrected chi connectivity index (χ4v) is 2.32. The first kappa shape index (κ1) is 15.1. The lowest BCUT2D eigenvalue weighted by Gasteiger charge is -2.07. The predicted octanol–water partition coefficient (Wildman–Crippen LogP) is 2.52. The lowest BCUT2D eigenvalue weighted by molar-refractivity contribution is -0.116. The van der Waals surface area contributed by atoms with Crippen LogP contribution in [-0.2, 0) is 4.79 Å². The predicted molar refractivity (Wildman–Crippen MR) is 82.9 cm³/mol. The van der Waals surface area contributed by atoms with Crippen molar-refractivity contribution >= 4 is 28.8 Å². The Morgan fingerprint density at radius 2 is 1.95 bits per heavy atom. The van der Waals surface area contributed by atoms with Crippen LogP contribution in [0.1, 0.15) is 16.8 Å². The smallest absolute Gasteiger partial charge is 0.252 e. The number of methoxy groups -OCH3 is 1. The molecule has 2 amide bonds. The van der Waals surface area contributed by atoms with Gasteiger partial charge in [0.15, 0.2) is 0 Å². The van der Waals surface area contributed by atoms with Gasteiger partial charge in [-0.3, -0.25) is 9.59 Å². The number of benzene rings is 1. The Labute approximate surface area is 126 Å². The number of carbonyl (C=O) groups is 2. The molecule has 0 radical (unpaired) electrons. The molecule has 110 valence electrons. The zero-order valence-electron chi connectivity index (χ0n) is 11.6. The minimum Gasteiger partial charge on any atom is -0.497 e. The van der Waals surface area contributed by atoms with Gasteiger partial charge in [0.1, 0.15) is 5.75 Å². The van der Waals surface area contributed by atoms with Gasteiger partial charge in [-0.05, 0) is 35.7 Å². The van der Waals surface area contributed by atoms with Crippen LogP contribution in [0, 0.1) is 0 Å². The molecule has 0 aliphatic carbocycles. The Balaban J connectivity index is 1.73. The van der Waals surface area contributed by atoms with E-state index in [1.807, 2.05) is 5.38 Å². The van der Waals surface area contributed by atoms with Crippen molar-refractivity contribution < 1.29 is 14.3 Å². The summed E-state index contributed by atoms with van der Waals surface area (Å²) in [4.78, 5) is 23.4. The first-order valence-electron chi connectivity index (χ1n) is 6.43. The van der Waals surface area contributed by atoms with E-state index >= 15 is 0 Å². The quantitative estimate of drug-likeness (QED) is 0.861. The molecule has 0 aliphatic rings. The van der Waals surface area contributed by atoms with Crippen molar-refractivity contribution in [1.29, 1.82) is 0 Å². The van der Waals surface area contributed by atoms with Gasteiger partial charge in [0.05, 0.1) is 7.11 Å². The fraction of sp³-hybridized carbons (Fsp3) is 0.200. The minimum atomic E-state index is -0.159. The summed E-state index contributed by atoms with van der Waals surface area (Å²) >= 11 is 1.46. The monoisotopic (exact) mass is 304 g/mol. The van der Waals surface area contributed by atoms with Crippen LogP contribution in [0.2, 0.25) is 0 Å². The Hall–Kier alpha value is -2.34. The highest BCUT2D eigenvalue weighted by Gasteiger charge is 2.07. The summed E-state index contributed by atoms with van der Waals surface area (Å²) in [5.41, 5.74) is 1.32. The van der Waals surface area contributed by atoms with E-state index in [2.05, 4.69) is 10.6 Å². The van der Waals surface area contributed by atoms with Gasteiger partial charge in [0.25, 0.3) is 5.91 Å². The van der Waals surface area contributed by atoms with Crippen LogP contribution < -0.4 is 15.4 Å². The Bertz CT molecular complexity index is 594. The van der Waals surface area contributed by atoms with Crippen LogP contribution in [-0.4, -0.2) is 25.5 Å². The van der Waals surface area contributed by atoms with E-state index in [-0.39, 0.29) is 18.2 Å². The number of carbonyl (C=O) groups excluding carboxylic acids is 2. The van der Waals surface area contributed by atoms with E-state index in [4.69, 9.17) is 4.74 Å². The molecule has 0 spiro atoms. The highest BCUT2D eigenvalue weighted by Crippen LogP contribution is 2.15. The molecule has 2 aromatic rings. The van der Waals surface area contributed by atoms with Crippen molar-refractivity contribution in [3.63, 3.8) is 0 Å². The molecule has 0 unspecified atom stereocenters. The van der Waals surface area contributed by atoms with E-state index in [9.17, 15) is 9.59 Å². The molecule has 0 saturated heterocycles. The maximum absolute atomic E-state index is 11.7. The van der Waals surface area contributed by atoms with Crippen LogP contribution in [0.15, 0.2) is 41.1 Å². The standard InChI is InChI=1S/C15H16N2O3S/c1-20-13-4-2-12(3-5-13)17-14(18)6-8-16-15(19)11-7-9-21-10-11/h2-5,7,9-10H,6,8H2,1H3,(H,16,19)(H,17,18). The number of thiophene rings is 1. The van der Waals surface area contributed by atoms with E-state index < -0.39 is 0 Å². The average molecular weight is 304 g/mol. The van der Waals surface area contributed by atoms with Gasteiger partial charge in [-0.1, -0.05) is 0 Å². The van der Waals surface area contributed by atoms with Gasteiger partial charge in [0, 0.05) is 29.6 Å². The second-order valence-corrected chi connectivity index (χ2v) is 5.07. The molecule has 0 bridgehead atoms. The van der Waals surface area contributed by atoms with Gasteiger partial charge in [-0.2, -0.15) is 11.3 Å². The number of amides is 2. The molecule has 2 N–H and O–H groups in total. The van der Waals surface area contributed by atoms with Crippen LogP contribution in [0.4, 0.5) is 5.69 Å². The lowest BCUT2D eigenvalue weighted by Crippen LogP contribution is -2.27. The topological polar surface area (TPSA) is 67.4 Å². The molecule has 0 atom stereocenters. The number of anilines is 1. The first-order valence-corrected chi connectivity index (χ1v) is 7.37. The molecule has 6 heteroatoms. The number of rotatable bonds is 6. The third-order valence-electron chi connectivity index (χ3n) is 2.79. The highest BCUT2D eigenvalue weighted by molar-refractivity contribution is 7.08. The van der Waals surface area contributed by atoms with Gasteiger partial charge in [-0.15, -0.1) is 0 Å². The van der Waals surface area contributed by atoms with Crippen LogP contribution >= 0.6 is 11.3 Å². The lowest BCUT2D eigenvalue weighted by atomic mass is 10.3. The molecule has 2 rings (SSSR count). The number of hydrogen-bond donors (Lipinski definition) is 2. The third kappa shape index (κ3) is 4.61. The molecule has 1 heterocycles. The average Bonchev–Trinajstić information content (AvgIpc) is 3.02. The van der Waals surface area contributed by atoms with Crippen molar-refractivity contribution in [2.75, 3.05) is 19.0 Å². The van der Waals surface area contributed by atoms with Crippen LogP contribution in [0.5, 0.6) is 5.75 Å². The maximum atomic E-state index is 11.7. The van der Waals surface area contributed by atoms with E-state index in [0.29, 0.717) is 17.8 Å². The molecule has 1 aromatic carbocycles. The summed E-state index contributed by atoms with van der Waals surface area (Å²) in [5, 5.41) is 9.07. The number of nitrogens with one attached hydrogen (secondary N) is 2. The first-order chi connectivity index (χ1) is 10.2. The summed E-state index contributed by atoms with van der Waals surface area (Å²) in [6.45, 7) is 0.302. The summed E-state index contributed by atoms with van der Waals surface area (Å²) in [6.07, 6.45) is 0.224. The van der Waals surface area contributed by atoms with E-state index in [0.717, 1.165) is 5.75 Å². The Morgan fingerprint density at radius 1 is 1.19 bits per heavy atom. The molecule has 0 fully saturated rings. The van der Waals surface area contributed by atoms with Gasteiger partial charge >= 0.3 is 0 Å². The summed E-state index contributed by atoms with van der Waals surface area (Å²) < 4.78 is 5.04. The van der Waals surface area contributed by atoms with E-state index in [1.54, 1.807) is 42.8 Å². The van der Waals surface area contributed by atoms with Crippen LogP contribution in [0.25, 0.3) is 0 Å². The van der Waals surface area contributed by atoms with Crippen molar-refractivity contribution in [2.45, 2.75) is 6.42 Å². The third-order valence-corrected chi connectivity index (χ3v) is 3.48. The van der Waals surface area contributed by atoms with Crippen molar-refractivity contribution in [1.82, 2.24) is 5.32 Å². The van der Waals surface area contributed by atoms with Gasteiger partial charge in [0.2, 0.25) is 5.91 Å². The Kier molecular flexibility index (Phi) is 5.34. The summed E-state index contributed by atoms with van der Waals surface area (Å²) in [7, 11) is 1.59. The number of ether oxygens (including phenoxy) is 1. The van der Waals surface area contributed by atoms with Crippen molar-refractivity contribution in [3.05, 3.63) is 46.7 Å². The zero-order chi connectivity index (χ0) is 15.1. The van der Waals surface area contributed by atoms with Gasteiger partial charge < -0.3 is 15.4 Å². The summed E-state index contributed by atoms with van der Waals surface area (Å²) in [6, 6.07) is 8.82. The Morgan fingerprint density at radius 3 is 2.57 bits per heavy atom. The molecule has 21 heavy (non-hydrogen) atoms. The van der Waals surface area contributed by atoms with Crippen molar-refractivity contribution in [2.24, 2.45) is 0 Å². The summed E-state index contributed by atoms with van der Waals surface area (Å²) in [5.74, 6) is 0.426. The molecular weight excluding hydrogens is 288 g/mol. The molecule has 1 aromatic heterocycles. The van der Waals surface area contributed by atoms with Crippen molar-refractivity contribution in [3.8, 4) is 5.75 Å².